The lowest BCUT2D eigenvalue weighted by molar-refractivity contribution is -0.137. The molecule has 0 aliphatic heterocycles. The van der Waals surface area contributed by atoms with Gasteiger partial charge in [0.1, 0.15) is 0 Å². The van der Waals surface area contributed by atoms with Gasteiger partial charge in [0.25, 0.3) is 0 Å². The van der Waals surface area contributed by atoms with Crippen molar-refractivity contribution in [1.82, 2.24) is 5.32 Å². The first-order valence-corrected chi connectivity index (χ1v) is 6.99. The van der Waals surface area contributed by atoms with Crippen LogP contribution in [-0.2, 0) is 10.9 Å². The number of halogens is 3. The largest absolute Gasteiger partial charge is 0.416 e. The van der Waals surface area contributed by atoms with Gasteiger partial charge in [-0.15, -0.1) is 0 Å². The van der Waals surface area contributed by atoms with Crippen LogP contribution in [0.15, 0.2) is 24.3 Å². The zero-order valence-electron chi connectivity index (χ0n) is 11.9. The molecule has 1 aromatic carbocycles. The van der Waals surface area contributed by atoms with Gasteiger partial charge in [0, 0.05) is 19.7 Å². The normalized spacial score (nSPS) is 18.5. The Hall–Kier alpha value is -1.11. The molecule has 1 saturated carbocycles. The third-order valence-corrected chi connectivity index (χ3v) is 3.60. The predicted octanol–water partition coefficient (Wildman–Crippen LogP) is 2.75. The molecule has 0 amide bonds. The topological polar surface area (TPSA) is 41.5 Å². The number of hydrogen-bond donors (Lipinski definition) is 2. The maximum Gasteiger partial charge on any atom is 0.416 e. The minimum absolute atomic E-state index is 0.154. The Morgan fingerprint density at radius 2 is 2.10 bits per heavy atom. The van der Waals surface area contributed by atoms with Gasteiger partial charge in [0.2, 0.25) is 0 Å². The molecule has 0 spiro atoms. The number of alkyl halides is 3. The van der Waals surface area contributed by atoms with Crippen LogP contribution in [0.4, 0.5) is 13.2 Å². The first-order valence-electron chi connectivity index (χ1n) is 6.99. The van der Waals surface area contributed by atoms with Gasteiger partial charge in [0.05, 0.1) is 18.3 Å². The average molecular weight is 303 g/mol. The number of hydrogen-bond acceptors (Lipinski definition) is 3. The van der Waals surface area contributed by atoms with Crippen molar-refractivity contribution in [2.75, 3.05) is 20.3 Å². The second kappa shape index (κ2) is 6.77. The van der Waals surface area contributed by atoms with Gasteiger partial charge >= 0.3 is 6.18 Å². The van der Waals surface area contributed by atoms with Crippen molar-refractivity contribution in [3.05, 3.63) is 35.4 Å². The van der Waals surface area contributed by atoms with Crippen LogP contribution in [0.5, 0.6) is 0 Å². The fourth-order valence-electron chi connectivity index (χ4n) is 2.41. The van der Waals surface area contributed by atoms with Gasteiger partial charge in [0.15, 0.2) is 0 Å². The highest BCUT2D eigenvalue weighted by atomic mass is 19.4. The molecule has 118 valence electrons. The average Bonchev–Trinajstić information content (AvgIpc) is 3.23. The van der Waals surface area contributed by atoms with Crippen LogP contribution < -0.4 is 5.32 Å². The highest BCUT2D eigenvalue weighted by Crippen LogP contribution is 2.42. The van der Waals surface area contributed by atoms with E-state index in [0.29, 0.717) is 18.0 Å². The second-order valence-electron chi connectivity index (χ2n) is 5.46. The van der Waals surface area contributed by atoms with Crippen molar-refractivity contribution in [3.63, 3.8) is 0 Å². The third kappa shape index (κ3) is 4.69. The summed E-state index contributed by atoms with van der Waals surface area (Å²) >= 11 is 0. The maximum absolute atomic E-state index is 12.8. The van der Waals surface area contributed by atoms with E-state index in [1.165, 1.54) is 19.2 Å². The van der Waals surface area contributed by atoms with Gasteiger partial charge in [-0.2, -0.15) is 13.2 Å². The van der Waals surface area contributed by atoms with E-state index in [-0.39, 0.29) is 12.6 Å². The maximum atomic E-state index is 12.8. The van der Waals surface area contributed by atoms with E-state index >= 15 is 0 Å². The van der Waals surface area contributed by atoms with E-state index in [1.54, 1.807) is 6.07 Å². The minimum atomic E-state index is -4.33. The van der Waals surface area contributed by atoms with E-state index in [1.807, 2.05) is 0 Å². The molecule has 1 aromatic rings. The zero-order chi connectivity index (χ0) is 15.5. The molecule has 2 N–H and O–H groups in total. The predicted molar refractivity (Wildman–Crippen MR) is 72.8 cm³/mol. The lowest BCUT2D eigenvalue weighted by atomic mass is 9.99. The summed E-state index contributed by atoms with van der Waals surface area (Å²) < 4.78 is 43.2. The fourth-order valence-corrected chi connectivity index (χ4v) is 2.41. The summed E-state index contributed by atoms with van der Waals surface area (Å²) in [6.45, 7) is 0.498. The van der Waals surface area contributed by atoms with E-state index in [0.717, 1.165) is 18.9 Å². The summed E-state index contributed by atoms with van der Waals surface area (Å²) in [7, 11) is 1.49. The molecule has 2 unspecified atom stereocenters. The number of rotatable bonds is 7. The van der Waals surface area contributed by atoms with E-state index < -0.39 is 17.8 Å². The molecular formula is C15H20F3NO2. The summed E-state index contributed by atoms with van der Waals surface area (Å²) in [5.41, 5.74) is -0.0122. The second-order valence-corrected chi connectivity index (χ2v) is 5.46. The summed E-state index contributed by atoms with van der Waals surface area (Å²) in [5, 5.41) is 12.8. The molecule has 0 heterocycles. The number of benzene rings is 1. The highest BCUT2D eigenvalue weighted by molar-refractivity contribution is 5.29. The Morgan fingerprint density at radius 1 is 1.38 bits per heavy atom. The molecule has 1 aliphatic carbocycles. The van der Waals surface area contributed by atoms with Gasteiger partial charge < -0.3 is 15.2 Å². The van der Waals surface area contributed by atoms with Crippen LogP contribution in [0.2, 0.25) is 0 Å². The fraction of sp³-hybridized carbons (Fsp3) is 0.600. The monoisotopic (exact) mass is 303 g/mol. The minimum Gasteiger partial charge on any atom is -0.389 e. The van der Waals surface area contributed by atoms with Crippen molar-refractivity contribution >= 4 is 0 Å². The Balaban J connectivity index is 2.08. The standard InChI is InChI=1S/C15H20F3NO2/c1-21-9-13(20)8-19-14(10-5-6-10)11-3-2-4-12(7-11)15(16,17)18/h2-4,7,10,13-14,19-20H,5-6,8-9H2,1H3. The molecule has 2 rings (SSSR count). The highest BCUT2D eigenvalue weighted by Gasteiger charge is 2.35. The van der Waals surface area contributed by atoms with Crippen molar-refractivity contribution in [1.29, 1.82) is 0 Å². The van der Waals surface area contributed by atoms with Gasteiger partial charge in [-0.05, 0) is 36.5 Å². The first-order chi connectivity index (χ1) is 9.91. The van der Waals surface area contributed by atoms with Crippen LogP contribution in [0.1, 0.15) is 30.0 Å². The van der Waals surface area contributed by atoms with Gasteiger partial charge in [-0.1, -0.05) is 12.1 Å². The molecule has 3 nitrogen and oxygen atoms in total. The molecular weight excluding hydrogens is 283 g/mol. The zero-order valence-corrected chi connectivity index (χ0v) is 11.9. The van der Waals surface area contributed by atoms with Crippen molar-refractivity contribution in [2.24, 2.45) is 5.92 Å². The van der Waals surface area contributed by atoms with E-state index in [4.69, 9.17) is 4.74 Å². The molecule has 0 bridgehead atoms. The van der Waals surface area contributed by atoms with Crippen molar-refractivity contribution in [3.8, 4) is 0 Å². The van der Waals surface area contributed by atoms with Crippen LogP contribution in [0.3, 0.4) is 0 Å². The number of methoxy groups -OCH3 is 1. The molecule has 0 aromatic heterocycles. The summed E-state index contributed by atoms with van der Waals surface area (Å²) in [6.07, 6.45) is -3.01. The van der Waals surface area contributed by atoms with Crippen LogP contribution in [-0.4, -0.2) is 31.5 Å². The number of aliphatic hydroxyl groups excluding tert-OH is 1. The number of aliphatic hydroxyl groups is 1. The van der Waals surface area contributed by atoms with Crippen LogP contribution in [0.25, 0.3) is 0 Å². The molecule has 21 heavy (non-hydrogen) atoms. The third-order valence-electron chi connectivity index (χ3n) is 3.60. The molecule has 1 aliphatic rings. The molecule has 2 atom stereocenters. The summed E-state index contributed by atoms with van der Waals surface area (Å²) in [4.78, 5) is 0. The lowest BCUT2D eigenvalue weighted by Crippen LogP contribution is -2.33. The Bertz CT molecular complexity index is 460. The smallest absolute Gasteiger partial charge is 0.389 e. The number of nitrogens with one attached hydrogen (secondary N) is 1. The van der Waals surface area contributed by atoms with E-state index in [2.05, 4.69) is 5.32 Å². The molecule has 0 saturated heterocycles. The summed E-state index contributed by atoms with van der Waals surface area (Å²) in [6, 6.07) is 5.25. The molecule has 6 heteroatoms. The molecule has 1 fully saturated rings. The number of ether oxygens (including phenoxy) is 1. The Kier molecular flexibility index (Phi) is 5.24. The molecule has 0 radical (unpaired) electrons. The van der Waals surface area contributed by atoms with E-state index in [9.17, 15) is 18.3 Å². The van der Waals surface area contributed by atoms with Gasteiger partial charge in [-0.3, -0.25) is 0 Å². The van der Waals surface area contributed by atoms with Crippen LogP contribution in [0, 0.1) is 5.92 Å². The summed E-state index contributed by atoms with van der Waals surface area (Å²) in [5.74, 6) is 0.336. The Morgan fingerprint density at radius 3 is 2.67 bits per heavy atom. The SMILES string of the molecule is COCC(O)CNC(c1cccc(C(F)(F)F)c1)C1CC1. The van der Waals surface area contributed by atoms with Crippen molar-refractivity contribution in [2.45, 2.75) is 31.2 Å². The van der Waals surface area contributed by atoms with Crippen LogP contribution >= 0.6 is 0 Å². The quantitative estimate of drug-likeness (QED) is 0.814. The first kappa shape index (κ1) is 16.3. The Labute approximate surface area is 122 Å². The van der Waals surface area contributed by atoms with Gasteiger partial charge in [-0.25, -0.2) is 0 Å². The van der Waals surface area contributed by atoms with Crippen molar-refractivity contribution < 1.29 is 23.0 Å². The lowest BCUT2D eigenvalue weighted by Gasteiger charge is -2.21.